The van der Waals surface area contributed by atoms with E-state index in [1.807, 2.05) is 12.1 Å². The third-order valence-corrected chi connectivity index (χ3v) is 3.70. The number of carboxylic acid groups (broad SMARTS) is 1. The maximum atomic E-state index is 10.8. The van der Waals surface area contributed by atoms with Crippen molar-refractivity contribution in [3.05, 3.63) is 40.7 Å². The summed E-state index contributed by atoms with van der Waals surface area (Å²) < 4.78 is 0. The highest BCUT2D eigenvalue weighted by Gasteiger charge is 2.17. The van der Waals surface area contributed by atoms with Crippen molar-refractivity contribution in [1.29, 1.82) is 0 Å². The SMILES string of the molecule is CCc1cccnc1CNc1nc(C(N)C(=O)O)cs1. The number of nitrogens with zero attached hydrogens (tertiary/aromatic N) is 2. The van der Waals surface area contributed by atoms with Gasteiger partial charge in [-0.15, -0.1) is 11.3 Å². The number of hydrogen-bond acceptors (Lipinski definition) is 6. The van der Waals surface area contributed by atoms with Crippen LogP contribution in [-0.4, -0.2) is 21.0 Å². The number of carboxylic acids is 1. The van der Waals surface area contributed by atoms with Gasteiger partial charge in [0.05, 0.1) is 17.9 Å². The highest BCUT2D eigenvalue weighted by molar-refractivity contribution is 7.13. The van der Waals surface area contributed by atoms with Crippen molar-refractivity contribution >= 4 is 22.4 Å². The molecular weight excluding hydrogens is 276 g/mol. The van der Waals surface area contributed by atoms with Crippen LogP contribution in [0.5, 0.6) is 0 Å². The summed E-state index contributed by atoms with van der Waals surface area (Å²) >= 11 is 1.33. The zero-order valence-corrected chi connectivity index (χ0v) is 11.9. The number of rotatable bonds is 6. The van der Waals surface area contributed by atoms with Crippen LogP contribution in [0.4, 0.5) is 5.13 Å². The molecule has 0 amide bonds. The van der Waals surface area contributed by atoms with E-state index in [4.69, 9.17) is 10.8 Å². The molecule has 106 valence electrons. The molecule has 7 heteroatoms. The van der Waals surface area contributed by atoms with Gasteiger partial charge in [-0.25, -0.2) is 4.98 Å². The fourth-order valence-corrected chi connectivity index (χ4v) is 2.49. The quantitative estimate of drug-likeness (QED) is 0.750. The molecule has 0 saturated heterocycles. The number of pyridine rings is 1. The second-order valence-electron chi connectivity index (χ2n) is 4.21. The van der Waals surface area contributed by atoms with Crippen LogP contribution in [0.1, 0.15) is 29.9 Å². The van der Waals surface area contributed by atoms with E-state index in [2.05, 4.69) is 22.2 Å². The molecule has 0 spiro atoms. The fourth-order valence-electron chi connectivity index (χ4n) is 1.75. The van der Waals surface area contributed by atoms with Crippen LogP contribution in [0.25, 0.3) is 0 Å². The number of thiazole rings is 1. The Morgan fingerprint density at radius 1 is 1.60 bits per heavy atom. The van der Waals surface area contributed by atoms with Gasteiger partial charge < -0.3 is 16.2 Å². The summed E-state index contributed by atoms with van der Waals surface area (Å²) in [7, 11) is 0. The molecule has 0 saturated carbocycles. The van der Waals surface area contributed by atoms with Gasteiger partial charge >= 0.3 is 5.97 Å². The number of carbonyl (C=O) groups is 1. The molecule has 2 rings (SSSR count). The van der Waals surface area contributed by atoms with Gasteiger partial charge in [0.2, 0.25) is 0 Å². The van der Waals surface area contributed by atoms with Gasteiger partial charge in [-0.3, -0.25) is 9.78 Å². The summed E-state index contributed by atoms with van der Waals surface area (Å²) in [5.41, 5.74) is 8.02. The minimum atomic E-state index is -1.08. The van der Waals surface area contributed by atoms with Crippen molar-refractivity contribution in [2.75, 3.05) is 5.32 Å². The molecule has 0 aliphatic rings. The van der Waals surface area contributed by atoms with Gasteiger partial charge in [0.15, 0.2) is 5.13 Å². The molecule has 4 N–H and O–H groups in total. The Morgan fingerprint density at radius 3 is 3.10 bits per heavy atom. The van der Waals surface area contributed by atoms with Crippen LogP contribution in [0.15, 0.2) is 23.7 Å². The van der Waals surface area contributed by atoms with Crippen molar-refractivity contribution in [2.45, 2.75) is 25.9 Å². The van der Waals surface area contributed by atoms with Crippen LogP contribution in [0.3, 0.4) is 0 Å². The van der Waals surface area contributed by atoms with E-state index in [1.165, 1.54) is 16.9 Å². The molecule has 0 aromatic carbocycles. The van der Waals surface area contributed by atoms with Crippen molar-refractivity contribution in [2.24, 2.45) is 5.73 Å². The first-order chi connectivity index (χ1) is 9.61. The van der Waals surface area contributed by atoms with Crippen molar-refractivity contribution in [1.82, 2.24) is 9.97 Å². The predicted octanol–water partition coefficient (Wildman–Crippen LogP) is 1.80. The topological polar surface area (TPSA) is 101 Å². The summed E-state index contributed by atoms with van der Waals surface area (Å²) in [6.07, 6.45) is 2.67. The lowest BCUT2D eigenvalue weighted by Crippen LogP contribution is -2.20. The highest BCUT2D eigenvalue weighted by Crippen LogP contribution is 2.20. The van der Waals surface area contributed by atoms with Crippen LogP contribution in [0, 0.1) is 0 Å². The second kappa shape index (κ2) is 6.44. The first-order valence-electron chi connectivity index (χ1n) is 6.22. The fraction of sp³-hybridized carbons (Fsp3) is 0.308. The number of aliphatic carboxylic acids is 1. The van der Waals surface area contributed by atoms with E-state index in [1.54, 1.807) is 11.6 Å². The van der Waals surface area contributed by atoms with Crippen LogP contribution in [0.2, 0.25) is 0 Å². The molecule has 2 aromatic rings. The molecule has 0 radical (unpaired) electrons. The van der Waals surface area contributed by atoms with Gasteiger partial charge in [-0.05, 0) is 18.1 Å². The number of hydrogen-bond donors (Lipinski definition) is 3. The molecule has 1 unspecified atom stereocenters. The number of aromatic nitrogens is 2. The summed E-state index contributed by atoms with van der Waals surface area (Å²) in [5.74, 6) is -1.08. The van der Waals surface area contributed by atoms with Gasteiger partial charge in [-0.2, -0.15) is 0 Å². The van der Waals surface area contributed by atoms with Crippen LogP contribution >= 0.6 is 11.3 Å². The monoisotopic (exact) mass is 292 g/mol. The summed E-state index contributed by atoms with van der Waals surface area (Å²) in [5, 5.41) is 14.3. The van der Waals surface area contributed by atoms with Gasteiger partial charge in [0.1, 0.15) is 6.04 Å². The average molecular weight is 292 g/mol. The summed E-state index contributed by atoms with van der Waals surface area (Å²) in [6.45, 7) is 2.63. The number of anilines is 1. The Morgan fingerprint density at radius 2 is 2.40 bits per heavy atom. The maximum absolute atomic E-state index is 10.8. The Labute approximate surface area is 120 Å². The molecule has 0 bridgehead atoms. The van der Waals surface area contributed by atoms with E-state index in [-0.39, 0.29) is 0 Å². The average Bonchev–Trinajstić information content (AvgIpc) is 2.93. The normalized spacial score (nSPS) is 12.1. The second-order valence-corrected chi connectivity index (χ2v) is 5.07. The zero-order valence-electron chi connectivity index (χ0n) is 11.0. The lowest BCUT2D eigenvalue weighted by atomic mass is 10.1. The smallest absolute Gasteiger partial charge is 0.326 e. The molecule has 2 aromatic heterocycles. The van der Waals surface area contributed by atoms with E-state index in [0.29, 0.717) is 17.4 Å². The molecule has 0 aliphatic carbocycles. The highest BCUT2D eigenvalue weighted by atomic mass is 32.1. The number of nitrogens with two attached hydrogens (primary N) is 1. The minimum absolute atomic E-state index is 0.363. The molecule has 6 nitrogen and oxygen atoms in total. The molecule has 0 aliphatic heterocycles. The lowest BCUT2D eigenvalue weighted by Gasteiger charge is -2.07. The summed E-state index contributed by atoms with van der Waals surface area (Å²) in [4.78, 5) is 19.3. The first-order valence-corrected chi connectivity index (χ1v) is 7.10. The van der Waals surface area contributed by atoms with Crippen LogP contribution < -0.4 is 11.1 Å². The van der Waals surface area contributed by atoms with Crippen molar-refractivity contribution in [3.8, 4) is 0 Å². The Bertz CT molecular complexity index is 600. The third-order valence-electron chi connectivity index (χ3n) is 2.88. The van der Waals surface area contributed by atoms with E-state index in [9.17, 15) is 4.79 Å². The van der Waals surface area contributed by atoms with E-state index < -0.39 is 12.0 Å². The standard InChI is InChI=1S/C13H16N4O2S/c1-2-8-4-3-5-15-9(8)6-16-13-17-10(7-20-13)11(14)12(18)19/h3-5,7,11H,2,6,14H2,1H3,(H,16,17)(H,18,19). The molecule has 2 heterocycles. The Kier molecular flexibility index (Phi) is 4.65. The van der Waals surface area contributed by atoms with Crippen molar-refractivity contribution < 1.29 is 9.90 Å². The van der Waals surface area contributed by atoms with E-state index in [0.717, 1.165) is 12.1 Å². The summed E-state index contributed by atoms with van der Waals surface area (Å²) in [6, 6.07) is 2.87. The largest absolute Gasteiger partial charge is 0.480 e. The molecular formula is C13H16N4O2S. The van der Waals surface area contributed by atoms with Gasteiger partial charge in [0.25, 0.3) is 0 Å². The van der Waals surface area contributed by atoms with Crippen molar-refractivity contribution in [3.63, 3.8) is 0 Å². The van der Waals surface area contributed by atoms with Gasteiger partial charge in [0, 0.05) is 11.6 Å². The molecule has 0 fully saturated rings. The Hall–Kier alpha value is -1.99. The van der Waals surface area contributed by atoms with Crippen LogP contribution in [-0.2, 0) is 17.8 Å². The third kappa shape index (κ3) is 3.31. The Balaban J connectivity index is 2.03. The lowest BCUT2D eigenvalue weighted by molar-refractivity contribution is -0.138. The first kappa shape index (κ1) is 14.4. The number of nitrogens with one attached hydrogen (secondary N) is 1. The minimum Gasteiger partial charge on any atom is -0.480 e. The van der Waals surface area contributed by atoms with E-state index >= 15 is 0 Å². The molecule has 20 heavy (non-hydrogen) atoms. The maximum Gasteiger partial charge on any atom is 0.326 e. The van der Waals surface area contributed by atoms with Gasteiger partial charge in [-0.1, -0.05) is 13.0 Å². The number of aryl methyl sites for hydroxylation is 1. The predicted molar refractivity (Wildman–Crippen MR) is 77.6 cm³/mol. The zero-order chi connectivity index (χ0) is 14.5. The molecule has 1 atom stereocenters.